The number of anilines is 1. The normalized spacial score (nSPS) is 14.1. The van der Waals surface area contributed by atoms with Crippen molar-refractivity contribution >= 4 is 35.7 Å². The average molecular weight is 368 g/mol. The van der Waals surface area contributed by atoms with Crippen LogP contribution >= 0.6 is 12.4 Å². The topological polar surface area (TPSA) is 120 Å². The van der Waals surface area contributed by atoms with Gasteiger partial charge in [0, 0.05) is 17.3 Å². The van der Waals surface area contributed by atoms with E-state index in [2.05, 4.69) is 16.0 Å². The zero-order valence-corrected chi connectivity index (χ0v) is 15.0. The fourth-order valence-corrected chi connectivity index (χ4v) is 2.75. The Bertz CT molecular complexity index is 602. The second-order valence-corrected chi connectivity index (χ2v) is 6.03. The Kier molecular flexibility index (Phi) is 8.77. The van der Waals surface area contributed by atoms with Crippen molar-refractivity contribution in [2.45, 2.75) is 38.1 Å². The summed E-state index contributed by atoms with van der Waals surface area (Å²) in [5.74, 6) is -0.432. The molecule has 1 fully saturated rings. The van der Waals surface area contributed by atoms with Gasteiger partial charge in [-0.15, -0.1) is 12.4 Å². The van der Waals surface area contributed by atoms with Gasteiger partial charge in [-0.05, 0) is 25.0 Å². The van der Waals surface area contributed by atoms with Crippen LogP contribution in [0.15, 0.2) is 24.3 Å². The molecular weight excluding hydrogens is 342 g/mol. The Morgan fingerprint density at radius 2 is 1.84 bits per heavy atom. The van der Waals surface area contributed by atoms with E-state index < -0.39 is 0 Å². The molecule has 1 aromatic carbocycles. The highest BCUT2D eigenvalue weighted by Gasteiger charge is 2.15. The van der Waals surface area contributed by atoms with Gasteiger partial charge >= 0.3 is 0 Å². The third-order valence-electron chi connectivity index (χ3n) is 4.04. The van der Waals surface area contributed by atoms with Gasteiger partial charge in [0.2, 0.25) is 11.8 Å². The van der Waals surface area contributed by atoms with Crippen LogP contribution in [0.5, 0.6) is 0 Å². The van der Waals surface area contributed by atoms with Gasteiger partial charge in [0.1, 0.15) is 5.84 Å². The van der Waals surface area contributed by atoms with Gasteiger partial charge in [-0.3, -0.25) is 15.0 Å². The number of carbonyl (C=O) groups excluding carboxylic acids is 2. The Balaban J connectivity index is 0.00000312. The molecule has 1 saturated carbocycles. The largest absolute Gasteiger partial charge is 0.384 e. The van der Waals surface area contributed by atoms with Crippen LogP contribution in [0, 0.1) is 5.41 Å². The van der Waals surface area contributed by atoms with E-state index in [0.717, 1.165) is 25.7 Å². The Hall–Kier alpha value is -2.28. The third kappa shape index (κ3) is 7.43. The van der Waals surface area contributed by atoms with Gasteiger partial charge in [0.15, 0.2) is 0 Å². The summed E-state index contributed by atoms with van der Waals surface area (Å²) < 4.78 is 0. The Morgan fingerprint density at radius 3 is 2.52 bits per heavy atom. The maximum atomic E-state index is 11.8. The molecule has 0 bridgehead atoms. The first-order valence-corrected chi connectivity index (χ1v) is 8.29. The Labute approximate surface area is 154 Å². The standard InChI is InChI=1S/C17H25N5O2.ClH/c18-17(19)12-5-4-8-14(9-12)20-10-15(23)21-11-16(24)22-13-6-2-1-3-7-13;/h4-5,8-9,13,20H,1-3,6-7,10-11H2,(H3,18,19)(H,21,23)(H,22,24);1H. The number of amidine groups is 1. The number of nitrogens with two attached hydrogens (primary N) is 1. The second kappa shape index (κ2) is 10.6. The molecule has 8 heteroatoms. The molecule has 0 unspecified atom stereocenters. The molecule has 25 heavy (non-hydrogen) atoms. The molecule has 138 valence electrons. The quantitative estimate of drug-likeness (QED) is 0.369. The fraction of sp³-hybridized carbons (Fsp3) is 0.471. The van der Waals surface area contributed by atoms with E-state index in [4.69, 9.17) is 11.1 Å². The van der Waals surface area contributed by atoms with Crippen LogP contribution in [-0.2, 0) is 9.59 Å². The zero-order valence-electron chi connectivity index (χ0n) is 14.1. The first-order chi connectivity index (χ1) is 11.5. The molecule has 1 aromatic rings. The highest BCUT2D eigenvalue weighted by molar-refractivity contribution is 5.96. The molecule has 1 aliphatic rings. The molecule has 2 rings (SSSR count). The number of amides is 2. The van der Waals surface area contributed by atoms with Crippen LogP contribution in [0.3, 0.4) is 0 Å². The molecule has 6 N–H and O–H groups in total. The minimum Gasteiger partial charge on any atom is -0.384 e. The molecule has 0 aromatic heterocycles. The lowest BCUT2D eigenvalue weighted by molar-refractivity contribution is -0.125. The van der Waals surface area contributed by atoms with Crippen molar-refractivity contribution in [3.8, 4) is 0 Å². The van der Waals surface area contributed by atoms with Crippen molar-refractivity contribution in [3.05, 3.63) is 29.8 Å². The van der Waals surface area contributed by atoms with Crippen LogP contribution < -0.4 is 21.7 Å². The summed E-state index contributed by atoms with van der Waals surface area (Å²) in [5, 5.41) is 15.9. The summed E-state index contributed by atoms with van der Waals surface area (Å²) in [4.78, 5) is 23.6. The maximum absolute atomic E-state index is 11.8. The van der Waals surface area contributed by atoms with Crippen molar-refractivity contribution in [2.75, 3.05) is 18.4 Å². The lowest BCUT2D eigenvalue weighted by Gasteiger charge is -2.22. The number of carbonyl (C=O) groups is 2. The minimum absolute atomic E-state index is 0. The van der Waals surface area contributed by atoms with Crippen LogP contribution in [0.1, 0.15) is 37.7 Å². The van der Waals surface area contributed by atoms with Gasteiger partial charge in [-0.2, -0.15) is 0 Å². The zero-order chi connectivity index (χ0) is 17.4. The summed E-state index contributed by atoms with van der Waals surface area (Å²) >= 11 is 0. The monoisotopic (exact) mass is 367 g/mol. The van der Waals surface area contributed by atoms with E-state index in [-0.39, 0.29) is 49.2 Å². The van der Waals surface area contributed by atoms with Crippen LogP contribution in [0.25, 0.3) is 0 Å². The van der Waals surface area contributed by atoms with E-state index in [9.17, 15) is 9.59 Å². The third-order valence-corrected chi connectivity index (χ3v) is 4.04. The maximum Gasteiger partial charge on any atom is 0.239 e. The summed E-state index contributed by atoms with van der Waals surface area (Å²) in [5.41, 5.74) is 6.72. The van der Waals surface area contributed by atoms with Gasteiger partial charge in [-0.25, -0.2) is 0 Å². The van der Waals surface area contributed by atoms with E-state index in [1.165, 1.54) is 6.42 Å². The first kappa shape index (κ1) is 20.8. The molecule has 0 radical (unpaired) electrons. The predicted molar refractivity (Wildman–Crippen MR) is 101 cm³/mol. The molecule has 0 saturated heterocycles. The summed E-state index contributed by atoms with van der Waals surface area (Å²) in [6.45, 7) is 0.0442. The van der Waals surface area contributed by atoms with Crippen molar-refractivity contribution in [3.63, 3.8) is 0 Å². The average Bonchev–Trinajstić information content (AvgIpc) is 2.59. The molecule has 1 aliphatic carbocycles. The number of hydrogen-bond acceptors (Lipinski definition) is 4. The van der Waals surface area contributed by atoms with Gasteiger partial charge < -0.3 is 21.7 Å². The van der Waals surface area contributed by atoms with E-state index in [0.29, 0.717) is 11.3 Å². The number of benzene rings is 1. The summed E-state index contributed by atoms with van der Waals surface area (Å²) in [7, 11) is 0. The molecular formula is C17H26ClN5O2. The predicted octanol–water partition coefficient (Wildman–Crippen LogP) is 1.37. The smallest absolute Gasteiger partial charge is 0.239 e. The minimum atomic E-state index is -0.262. The van der Waals surface area contributed by atoms with Crippen LogP contribution in [0.2, 0.25) is 0 Å². The fourth-order valence-electron chi connectivity index (χ4n) is 2.75. The van der Waals surface area contributed by atoms with E-state index in [1.54, 1.807) is 24.3 Å². The SMILES string of the molecule is Cl.N=C(N)c1cccc(NCC(=O)NCC(=O)NC2CCCCC2)c1. The number of halogens is 1. The first-order valence-electron chi connectivity index (χ1n) is 8.29. The van der Waals surface area contributed by atoms with E-state index >= 15 is 0 Å². The van der Waals surface area contributed by atoms with Gasteiger partial charge in [0.05, 0.1) is 13.1 Å². The highest BCUT2D eigenvalue weighted by Crippen LogP contribution is 2.17. The lowest BCUT2D eigenvalue weighted by Crippen LogP contribution is -2.43. The van der Waals surface area contributed by atoms with Crippen LogP contribution in [-0.4, -0.2) is 36.8 Å². The summed E-state index contributed by atoms with van der Waals surface area (Å²) in [6, 6.07) is 7.22. The number of nitrogen functional groups attached to an aromatic ring is 1. The molecule has 7 nitrogen and oxygen atoms in total. The van der Waals surface area contributed by atoms with Crippen molar-refractivity contribution < 1.29 is 9.59 Å². The molecule has 2 amide bonds. The van der Waals surface area contributed by atoms with Gasteiger partial charge in [-0.1, -0.05) is 31.4 Å². The lowest BCUT2D eigenvalue weighted by atomic mass is 9.95. The van der Waals surface area contributed by atoms with Crippen molar-refractivity contribution in [1.82, 2.24) is 10.6 Å². The number of nitrogens with one attached hydrogen (secondary N) is 4. The van der Waals surface area contributed by atoms with Crippen molar-refractivity contribution in [2.24, 2.45) is 5.73 Å². The molecule has 0 atom stereocenters. The second-order valence-electron chi connectivity index (χ2n) is 6.03. The van der Waals surface area contributed by atoms with Gasteiger partial charge in [0.25, 0.3) is 0 Å². The van der Waals surface area contributed by atoms with Crippen LogP contribution in [0.4, 0.5) is 5.69 Å². The van der Waals surface area contributed by atoms with E-state index in [1.807, 2.05) is 0 Å². The van der Waals surface area contributed by atoms with Crippen molar-refractivity contribution in [1.29, 1.82) is 5.41 Å². The Morgan fingerprint density at radius 1 is 1.12 bits per heavy atom. The molecule has 0 spiro atoms. The number of hydrogen-bond donors (Lipinski definition) is 5. The number of rotatable bonds is 7. The molecule has 0 aliphatic heterocycles. The summed E-state index contributed by atoms with van der Waals surface area (Å²) in [6.07, 6.45) is 5.59. The highest BCUT2D eigenvalue weighted by atomic mass is 35.5. The molecule has 0 heterocycles.